The van der Waals surface area contributed by atoms with Crippen LogP contribution in [0.15, 0.2) is 49.8 Å². The van der Waals surface area contributed by atoms with Crippen molar-refractivity contribution in [2.45, 2.75) is 11.3 Å². The minimum absolute atomic E-state index is 0.0731. The second-order valence-electron chi connectivity index (χ2n) is 4.40. The van der Waals surface area contributed by atoms with Gasteiger partial charge in [-0.05, 0) is 30.0 Å². The Hall–Kier alpha value is -1.90. The number of thiophene rings is 1. The van der Waals surface area contributed by atoms with E-state index in [4.69, 9.17) is 4.42 Å². The smallest absolute Gasteiger partial charge is 0.408 e. The Morgan fingerprint density at radius 2 is 2.14 bits per heavy atom. The molecule has 3 aromatic rings. The average molecular weight is 324 g/mol. The summed E-state index contributed by atoms with van der Waals surface area (Å²) in [6.07, 6.45) is 0.637. The molecule has 0 amide bonds. The number of aromatic nitrogens is 1. The fourth-order valence-electron chi connectivity index (χ4n) is 1.94. The fraction of sp³-hybridized carbons (Fsp3) is 0.154. The van der Waals surface area contributed by atoms with Crippen LogP contribution in [0.1, 0.15) is 4.88 Å². The monoisotopic (exact) mass is 324 g/mol. The van der Waals surface area contributed by atoms with E-state index in [-0.39, 0.29) is 10.5 Å². The summed E-state index contributed by atoms with van der Waals surface area (Å²) in [5, 5.41) is 1.95. The molecule has 0 saturated heterocycles. The lowest BCUT2D eigenvalue weighted by Crippen LogP contribution is -2.25. The van der Waals surface area contributed by atoms with Crippen molar-refractivity contribution >= 4 is 32.5 Å². The molecule has 3 rings (SSSR count). The van der Waals surface area contributed by atoms with Gasteiger partial charge in [-0.25, -0.2) is 17.9 Å². The van der Waals surface area contributed by atoms with E-state index in [1.165, 1.54) is 18.2 Å². The first kappa shape index (κ1) is 14.1. The summed E-state index contributed by atoms with van der Waals surface area (Å²) >= 11 is 1.59. The minimum Gasteiger partial charge on any atom is -0.408 e. The molecule has 0 saturated carbocycles. The van der Waals surface area contributed by atoms with Gasteiger partial charge in [0.05, 0.1) is 10.4 Å². The summed E-state index contributed by atoms with van der Waals surface area (Å²) in [6.45, 7) is 0.317. The van der Waals surface area contributed by atoms with Gasteiger partial charge in [0.25, 0.3) is 0 Å². The first-order valence-corrected chi connectivity index (χ1v) is 8.56. The van der Waals surface area contributed by atoms with Crippen LogP contribution in [0.3, 0.4) is 0 Å². The van der Waals surface area contributed by atoms with E-state index in [1.807, 2.05) is 17.5 Å². The van der Waals surface area contributed by atoms with Gasteiger partial charge in [-0.15, -0.1) is 11.3 Å². The lowest BCUT2D eigenvalue weighted by Gasteiger charge is -2.05. The largest absolute Gasteiger partial charge is 0.417 e. The molecule has 110 valence electrons. The molecule has 2 heterocycles. The lowest BCUT2D eigenvalue weighted by atomic mass is 10.3. The summed E-state index contributed by atoms with van der Waals surface area (Å²) in [6, 6.07) is 8.16. The Morgan fingerprint density at radius 3 is 2.90 bits per heavy atom. The number of aromatic amines is 1. The molecule has 0 unspecified atom stereocenters. The number of hydrogen-bond donors (Lipinski definition) is 2. The van der Waals surface area contributed by atoms with Gasteiger partial charge in [-0.3, -0.25) is 4.98 Å². The number of rotatable bonds is 5. The molecule has 0 radical (unpaired) electrons. The van der Waals surface area contributed by atoms with Gasteiger partial charge in [-0.2, -0.15) is 0 Å². The third kappa shape index (κ3) is 3.07. The van der Waals surface area contributed by atoms with Crippen LogP contribution in [-0.2, 0) is 16.4 Å². The van der Waals surface area contributed by atoms with Crippen molar-refractivity contribution in [3.8, 4) is 0 Å². The third-order valence-corrected chi connectivity index (χ3v) is 5.34. The van der Waals surface area contributed by atoms with Crippen LogP contribution in [0, 0.1) is 0 Å². The van der Waals surface area contributed by atoms with Crippen LogP contribution >= 0.6 is 11.3 Å². The van der Waals surface area contributed by atoms with Crippen LogP contribution < -0.4 is 10.5 Å². The molecule has 2 aromatic heterocycles. The number of nitrogens with one attached hydrogen (secondary N) is 2. The standard InChI is InChI=1S/C13H12N2O4S2/c16-13-15-11-4-3-10(8-12(11)19-13)21(17,18)14-6-5-9-2-1-7-20-9/h1-4,7-8,14H,5-6H2,(H,15,16). The summed E-state index contributed by atoms with van der Waals surface area (Å²) < 4.78 is 31.7. The van der Waals surface area contributed by atoms with Crippen molar-refractivity contribution in [2.24, 2.45) is 0 Å². The predicted molar refractivity (Wildman–Crippen MR) is 80.0 cm³/mol. The first-order valence-electron chi connectivity index (χ1n) is 6.19. The van der Waals surface area contributed by atoms with Gasteiger partial charge in [0.15, 0.2) is 5.58 Å². The van der Waals surface area contributed by atoms with Crippen molar-refractivity contribution in [3.63, 3.8) is 0 Å². The van der Waals surface area contributed by atoms with Crippen LogP contribution in [-0.4, -0.2) is 19.9 Å². The van der Waals surface area contributed by atoms with E-state index in [9.17, 15) is 13.2 Å². The Kier molecular flexibility index (Phi) is 3.66. The summed E-state index contributed by atoms with van der Waals surface area (Å²) in [7, 11) is -3.62. The van der Waals surface area contributed by atoms with Crippen molar-refractivity contribution in [1.29, 1.82) is 0 Å². The highest BCUT2D eigenvalue weighted by molar-refractivity contribution is 7.89. The third-order valence-electron chi connectivity index (χ3n) is 2.95. The van der Waals surface area contributed by atoms with Crippen LogP contribution in [0.5, 0.6) is 0 Å². The number of benzene rings is 1. The zero-order chi connectivity index (χ0) is 14.9. The number of hydrogen-bond acceptors (Lipinski definition) is 5. The zero-order valence-electron chi connectivity index (χ0n) is 10.8. The van der Waals surface area contributed by atoms with Crippen LogP contribution in [0.4, 0.5) is 0 Å². The van der Waals surface area contributed by atoms with E-state index in [1.54, 1.807) is 11.3 Å². The Morgan fingerprint density at radius 1 is 1.29 bits per heavy atom. The molecular formula is C13H12N2O4S2. The van der Waals surface area contributed by atoms with Gasteiger partial charge >= 0.3 is 5.76 Å². The summed E-state index contributed by atoms with van der Waals surface area (Å²) in [5.41, 5.74) is 0.693. The highest BCUT2D eigenvalue weighted by Gasteiger charge is 2.15. The topological polar surface area (TPSA) is 92.2 Å². The molecule has 1 aromatic carbocycles. The van der Waals surface area contributed by atoms with E-state index in [2.05, 4.69) is 9.71 Å². The maximum atomic E-state index is 12.2. The molecule has 21 heavy (non-hydrogen) atoms. The molecule has 0 aliphatic rings. The number of oxazole rings is 1. The maximum absolute atomic E-state index is 12.2. The number of H-pyrrole nitrogens is 1. The molecule has 0 aliphatic heterocycles. The molecule has 0 atom stereocenters. The zero-order valence-corrected chi connectivity index (χ0v) is 12.5. The minimum atomic E-state index is -3.62. The molecule has 6 nitrogen and oxygen atoms in total. The Balaban J connectivity index is 1.77. The SMILES string of the molecule is O=c1[nH]c2ccc(S(=O)(=O)NCCc3cccs3)cc2o1. The molecular weight excluding hydrogens is 312 g/mol. The highest BCUT2D eigenvalue weighted by atomic mass is 32.2. The highest BCUT2D eigenvalue weighted by Crippen LogP contribution is 2.16. The number of sulfonamides is 1. The van der Waals surface area contributed by atoms with E-state index in [0.717, 1.165) is 4.88 Å². The molecule has 0 bridgehead atoms. The second-order valence-corrected chi connectivity index (χ2v) is 7.20. The summed E-state index contributed by atoms with van der Waals surface area (Å²) in [5.74, 6) is -0.606. The van der Waals surface area contributed by atoms with Gasteiger partial charge < -0.3 is 4.42 Å². The quantitative estimate of drug-likeness (QED) is 0.747. The normalized spacial score (nSPS) is 12.0. The average Bonchev–Trinajstić information content (AvgIpc) is 3.05. The van der Waals surface area contributed by atoms with Crippen molar-refractivity contribution in [3.05, 3.63) is 51.1 Å². The lowest BCUT2D eigenvalue weighted by molar-refractivity contribution is 0.553. The van der Waals surface area contributed by atoms with Crippen molar-refractivity contribution in [1.82, 2.24) is 9.71 Å². The Labute approximate surface area is 124 Å². The van der Waals surface area contributed by atoms with Crippen molar-refractivity contribution in [2.75, 3.05) is 6.54 Å². The van der Waals surface area contributed by atoms with E-state index in [0.29, 0.717) is 18.5 Å². The molecule has 8 heteroatoms. The molecule has 0 spiro atoms. The summed E-state index contributed by atoms with van der Waals surface area (Å²) in [4.78, 5) is 14.7. The van der Waals surface area contributed by atoms with Gasteiger partial charge in [0.1, 0.15) is 0 Å². The molecule has 0 aliphatic carbocycles. The predicted octanol–water partition coefficient (Wildman–Crippen LogP) is 1.70. The van der Waals surface area contributed by atoms with E-state index >= 15 is 0 Å². The molecule has 2 N–H and O–H groups in total. The molecule has 0 fully saturated rings. The van der Waals surface area contributed by atoms with Crippen LogP contribution in [0.25, 0.3) is 11.1 Å². The van der Waals surface area contributed by atoms with Gasteiger partial charge in [-0.1, -0.05) is 6.07 Å². The van der Waals surface area contributed by atoms with E-state index < -0.39 is 15.8 Å². The van der Waals surface area contributed by atoms with Gasteiger partial charge in [0.2, 0.25) is 10.0 Å². The van der Waals surface area contributed by atoms with Gasteiger partial charge in [0, 0.05) is 17.5 Å². The second kappa shape index (κ2) is 5.47. The van der Waals surface area contributed by atoms with Crippen LogP contribution in [0.2, 0.25) is 0 Å². The Bertz CT molecular complexity index is 907. The number of fused-ring (bicyclic) bond motifs is 1. The maximum Gasteiger partial charge on any atom is 0.417 e. The first-order chi connectivity index (χ1) is 10.0. The van der Waals surface area contributed by atoms with Crippen molar-refractivity contribution < 1.29 is 12.8 Å². The fourth-order valence-corrected chi connectivity index (χ4v) is 3.70.